The number of aliphatic hydroxyl groups excluding tert-OH is 1. The molecule has 1 rings (SSSR count). The lowest BCUT2D eigenvalue weighted by molar-refractivity contribution is -0.157. The Morgan fingerprint density at radius 3 is 2.24 bits per heavy atom. The normalized spacial score (nSPS) is 13.8. The van der Waals surface area contributed by atoms with Gasteiger partial charge in [0, 0.05) is 22.9 Å². The fraction of sp³-hybridized carbons (Fsp3) is 0.471. The summed E-state index contributed by atoms with van der Waals surface area (Å²) >= 11 is 3.30. The SMILES string of the molecule is CC(C)(CO)C(O)(CCC(=O)C(=O)NCc1ccc(Br)cc1)C(N)=O. The van der Waals surface area contributed by atoms with E-state index in [0.717, 1.165) is 10.0 Å². The van der Waals surface area contributed by atoms with Gasteiger partial charge in [-0.15, -0.1) is 0 Å². The zero-order chi connectivity index (χ0) is 19.3. The Balaban J connectivity index is 2.63. The Morgan fingerprint density at radius 1 is 1.20 bits per heavy atom. The molecule has 2 amide bonds. The van der Waals surface area contributed by atoms with Gasteiger partial charge in [0.2, 0.25) is 11.7 Å². The number of aliphatic hydroxyl groups is 2. The number of carbonyl (C=O) groups is 3. The molecule has 0 saturated heterocycles. The van der Waals surface area contributed by atoms with E-state index >= 15 is 0 Å². The van der Waals surface area contributed by atoms with E-state index in [1.54, 1.807) is 12.1 Å². The highest BCUT2D eigenvalue weighted by Crippen LogP contribution is 2.34. The number of nitrogens with two attached hydrogens (primary N) is 1. The molecule has 0 bridgehead atoms. The average Bonchev–Trinajstić information content (AvgIpc) is 2.58. The second-order valence-electron chi connectivity index (χ2n) is 6.50. The van der Waals surface area contributed by atoms with Crippen molar-refractivity contribution in [2.45, 2.75) is 38.8 Å². The van der Waals surface area contributed by atoms with Crippen molar-refractivity contribution in [3.05, 3.63) is 34.3 Å². The standard InChI is InChI=1S/C17H23BrN2O5/c1-16(2,10-21)17(25,15(19)24)8-7-13(22)14(23)20-9-11-3-5-12(18)6-4-11/h3-6,21,25H,7-10H2,1-2H3,(H2,19,24)(H,20,23). The summed E-state index contributed by atoms with van der Waals surface area (Å²) in [6, 6.07) is 7.22. The molecular weight excluding hydrogens is 392 g/mol. The van der Waals surface area contributed by atoms with Crippen molar-refractivity contribution >= 4 is 33.5 Å². The van der Waals surface area contributed by atoms with Crippen LogP contribution in [-0.2, 0) is 20.9 Å². The Bertz CT molecular complexity index is 645. The van der Waals surface area contributed by atoms with Crippen molar-refractivity contribution in [2.24, 2.45) is 11.1 Å². The number of ketones is 1. The minimum Gasteiger partial charge on any atom is -0.396 e. The van der Waals surface area contributed by atoms with Gasteiger partial charge in [0.1, 0.15) is 0 Å². The predicted octanol–water partition coefficient (Wildman–Crippen LogP) is 0.649. The first kappa shape index (κ1) is 21.3. The van der Waals surface area contributed by atoms with Crippen LogP contribution in [-0.4, -0.2) is 40.0 Å². The lowest BCUT2D eigenvalue weighted by Crippen LogP contribution is -2.56. The van der Waals surface area contributed by atoms with Crippen LogP contribution in [0.5, 0.6) is 0 Å². The first-order valence-corrected chi connectivity index (χ1v) is 8.51. The van der Waals surface area contributed by atoms with E-state index in [4.69, 9.17) is 5.73 Å². The smallest absolute Gasteiger partial charge is 0.287 e. The highest BCUT2D eigenvalue weighted by atomic mass is 79.9. The molecule has 0 fully saturated rings. The van der Waals surface area contributed by atoms with Crippen LogP contribution in [0.25, 0.3) is 0 Å². The van der Waals surface area contributed by atoms with Gasteiger partial charge < -0.3 is 21.3 Å². The predicted molar refractivity (Wildman–Crippen MR) is 95.2 cm³/mol. The summed E-state index contributed by atoms with van der Waals surface area (Å²) in [4.78, 5) is 35.4. The van der Waals surface area contributed by atoms with Crippen molar-refractivity contribution in [2.75, 3.05) is 6.61 Å². The van der Waals surface area contributed by atoms with Gasteiger partial charge in [0.05, 0.1) is 6.61 Å². The van der Waals surface area contributed by atoms with E-state index in [1.807, 2.05) is 12.1 Å². The summed E-state index contributed by atoms with van der Waals surface area (Å²) in [6.45, 7) is 2.59. The third-order valence-corrected chi connectivity index (χ3v) is 4.78. The van der Waals surface area contributed by atoms with Gasteiger partial charge in [-0.25, -0.2) is 0 Å². The average molecular weight is 415 g/mol. The third-order valence-electron chi connectivity index (χ3n) is 4.26. The summed E-state index contributed by atoms with van der Waals surface area (Å²) in [7, 11) is 0. The maximum atomic E-state index is 12.0. The van der Waals surface area contributed by atoms with Crippen LogP contribution < -0.4 is 11.1 Å². The van der Waals surface area contributed by atoms with Crippen LogP contribution in [0.15, 0.2) is 28.7 Å². The number of rotatable bonds is 9. The topological polar surface area (TPSA) is 130 Å². The fourth-order valence-electron chi connectivity index (χ4n) is 2.22. The third kappa shape index (κ3) is 5.35. The van der Waals surface area contributed by atoms with Crippen LogP contribution in [0.1, 0.15) is 32.3 Å². The summed E-state index contributed by atoms with van der Waals surface area (Å²) < 4.78 is 0.899. The van der Waals surface area contributed by atoms with E-state index in [9.17, 15) is 24.6 Å². The quantitative estimate of drug-likeness (QED) is 0.440. The van der Waals surface area contributed by atoms with Crippen LogP contribution in [0, 0.1) is 5.41 Å². The lowest BCUT2D eigenvalue weighted by atomic mass is 9.72. The zero-order valence-corrected chi connectivity index (χ0v) is 15.8. The van der Waals surface area contributed by atoms with Crippen molar-refractivity contribution < 1.29 is 24.6 Å². The van der Waals surface area contributed by atoms with E-state index in [1.165, 1.54) is 13.8 Å². The molecular formula is C17H23BrN2O5. The number of benzene rings is 1. The Morgan fingerprint density at radius 2 is 1.76 bits per heavy atom. The van der Waals surface area contributed by atoms with Crippen molar-refractivity contribution in [3.63, 3.8) is 0 Å². The number of hydrogen-bond donors (Lipinski definition) is 4. The van der Waals surface area contributed by atoms with Gasteiger partial charge in [-0.3, -0.25) is 14.4 Å². The van der Waals surface area contributed by atoms with E-state index in [0.29, 0.717) is 0 Å². The largest absolute Gasteiger partial charge is 0.396 e. The van der Waals surface area contributed by atoms with Crippen molar-refractivity contribution in [1.82, 2.24) is 5.32 Å². The molecule has 0 aliphatic heterocycles. The van der Waals surface area contributed by atoms with Gasteiger partial charge in [0.15, 0.2) is 5.60 Å². The number of amides is 2. The number of nitrogens with one attached hydrogen (secondary N) is 1. The number of carbonyl (C=O) groups excluding carboxylic acids is 3. The van der Waals surface area contributed by atoms with Crippen LogP contribution >= 0.6 is 15.9 Å². The van der Waals surface area contributed by atoms with Crippen LogP contribution in [0.2, 0.25) is 0 Å². The molecule has 1 aromatic carbocycles. The van der Waals surface area contributed by atoms with Gasteiger partial charge in [-0.1, -0.05) is 41.9 Å². The molecule has 25 heavy (non-hydrogen) atoms. The molecule has 7 nitrogen and oxygen atoms in total. The number of primary amides is 1. The van der Waals surface area contributed by atoms with Gasteiger partial charge in [0.25, 0.3) is 5.91 Å². The second kappa shape index (κ2) is 8.55. The summed E-state index contributed by atoms with van der Waals surface area (Å²) in [6.07, 6.45) is -0.713. The second-order valence-corrected chi connectivity index (χ2v) is 7.41. The van der Waals surface area contributed by atoms with E-state index < -0.39 is 35.2 Å². The Kier molecular flexibility index (Phi) is 7.28. The summed E-state index contributed by atoms with van der Waals surface area (Å²) in [5.74, 6) is -2.63. The molecule has 0 radical (unpaired) electrons. The zero-order valence-electron chi connectivity index (χ0n) is 14.2. The fourth-order valence-corrected chi connectivity index (χ4v) is 2.48. The van der Waals surface area contributed by atoms with Crippen molar-refractivity contribution in [3.8, 4) is 0 Å². The highest BCUT2D eigenvalue weighted by molar-refractivity contribution is 9.10. The highest BCUT2D eigenvalue weighted by Gasteiger charge is 2.48. The molecule has 1 unspecified atom stereocenters. The number of Topliss-reactive ketones (excluding diaryl/α,β-unsaturated/α-hetero) is 1. The molecule has 1 aromatic rings. The molecule has 0 saturated carbocycles. The molecule has 5 N–H and O–H groups in total. The number of hydrogen-bond acceptors (Lipinski definition) is 5. The maximum Gasteiger partial charge on any atom is 0.287 e. The van der Waals surface area contributed by atoms with Gasteiger partial charge >= 0.3 is 0 Å². The van der Waals surface area contributed by atoms with E-state index in [-0.39, 0.29) is 19.4 Å². The Labute approximate surface area is 154 Å². The number of halogens is 1. The molecule has 8 heteroatoms. The molecule has 0 aromatic heterocycles. The van der Waals surface area contributed by atoms with Crippen LogP contribution in [0.4, 0.5) is 0 Å². The molecule has 0 aliphatic carbocycles. The monoisotopic (exact) mass is 414 g/mol. The summed E-state index contributed by atoms with van der Waals surface area (Å²) in [5.41, 5.74) is 2.71. The molecule has 1 atom stereocenters. The maximum absolute atomic E-state index is 12.0. The van der Waals surface area contributed by atoms with Crippen LogP contribution in [0.3, 0.4) is 0 Å². The molecule has 138 valence electrons. The minimum absolute atomic E-state index is 0.181. The first-order chi connectivity index (χ1) is 11.5. The minimum atomic E-state index is -2.09. The van der Waals surface area contributed by atoms with Gasteiger partial charge in [-0.2, -0.15) is 0 Å². The summed E-state index contributed by atoms with van der Waals surface area (Å²) in [5, 5.41) is 22.3. The molecule has 0 heterocycles. The lowest BCUT2D eigenvalue weighted by Gasteiger charge is -2.38. The van der Waals surface area contributed by atoms with Gasteiger partial charge in [-0.05, 0) is 24.1 Å². The van der Waals surface area contributed by atoms with E-state index in [2.05, 4.69) is 21.2 Å². The molecule has 0 spiro atoms. The molecule has 0 aliphatic rings. The van der Waals surface area contributed by atoms with Crippen molar-refractivity contribution in [1.29, 1.82) is 0 Å². The first-order valence-electron chi connectivity index (χ1n) is 7.72. The Hall–Kier alpha value is -1.77.